The molecule has 0 bridgehead atoms. The average molecular weight is 306 g/mol. The van der Waals surface area contributed by atoms with E-state index in [2.05, 4.69) is 58.1 Å². The van der Waals surface area contributed by atoms with Crippen LogP contribution in [0.2, 0.25) is 0 Å². The molecule has 3 rings (SSSR count). The first-order valence-electron chi connectivity index (χ1n) is 6.36. The third kappa shape index (κ3) is 2.25. The number of rotatable bonds is 2. The zero-order valence-electron chi connectivity index (χ0n) is 10.4. The number of fused-ring (bicyclic) bond motifs is 1. The Bertz CT molecular complexity index is 544. The zero-order valence-corrected chi connectivity index (χ0v) is 12.0. The third-order valence-corrected chi connectivity index (χ3v) is 4.07. The first kappa shape index (κ1) is 12.0. The molecule has 3 heteroatoms. The largest absolute Gasteiger partial charge is 0.459 e. The van der Waals surface area contributed by atoms with Gasteiger partial charge in [-0.25, -0.2) is 0 Å². The van der Waals surface area contributed by atoms with Gasteiger partial charge in [-0.05, 0) is 36.7 Å². The van der Waals surface area contributed by atoms with E-state index in [1.165, 1.54) is 5.56 Å². The van der Waals surface area contributed by atoms with Gasteiger partial charge in [-0.15, -0.1) is 0 Å². The summed E-state index contributed by atoms with van der Waals surface area (Å²) >= 11 is 3.45. The summed E-state index contributed by atoms with van der Waals surface area (Å²) in [6.07, 6.45) is 1.10. The van der Waals surface area contributed by atoms with Crippen molar-refractivity contribution in [3.05, 3.63) is 46.1 Å². The Hall–Kier alpha value is -1.06. The third-order valence-electron chi connectivity index (χ3n) is 3.54. The average Bonchev–Trinajstić information content (AvgIpc) is 2.82. The van der Waals surface area contributed by atoms with Gasteiger partial charge in [0.25, 0.3) is 0 Å². The molecular weight excluding hydrogens is 290 g/mol. The molecule has 0 aliphatic carbocycles. The highest BCUT2D eigenvalue weighted by atomic mass is 79.9. The van der Waals surface area contributed by atoms with Crippen LogP contribution in [0, 0.1) is 0 Å². The monoisotopic (exact) mass is 305 g/mol. The molecule has 1 aromatic carbocycles. The molecular formula is C15H16BrNO. The molecule has 2 heterocycles. The van der Waals surface area contributed by atoms with Crippen LogP contribution in [0.25, 0.3) is 11.3 Å². The minimum atomic E-state index is 0.947. The Morgan fingerprint density at radius 1 is 1.28 bits per heavy atom. The van der Waals surface area contributed by atoms with E-state index in [1.807, 2.05) is 0 Å². The van der Waals surface area contributed by atoms with Gasteiger partial charge in [0.05, 0.1) is 6.54 Å². The van der Waals surface area contributed by atoms with Crippen LogP contribution >= 0.6 is 15.9 Å². The highest BCUT2D eigenvalue weighted by molar-refractivity contribution is 9.10. The Labute approximate surface area is 116 Å². The molecule has 0 fully saturated rings. The molecule has 1 aromatic heterocycles. The first-order valence-corrected chi connectivity index (χ1v) is 7.15. The Balaban J connectivity index is 1.91. The lowest BCUT2D eigenvalue weighted by molar-refractivity contribution is 0.241. The molecule has 0 saturated carbocycles. The molecule has 0 amide bonds. The summed E-state index contributed by atoms with van der Waals surface area (Å²) in [5, 5.41) is 0. The fourth-order valence-corrected chi connectivity index (χ4v) is 2.66. The van der Waals surface area contributed by atoms with Crippen molar-refractivity contribution >= 4 is 15.9 Å². The maximum atomic E-state index is 6.01. The molecule has 0 N–H and O–H groups in total. The van der Waals surface area contributed by atoms with Gasteiger partial charge in [0, 0.05) is 16.6 Å². The Kier molecular flexibility index (Phi) is 3.27. The van der Waals surface area contributed by atoms with Crippen molar-refractivity contribution in [3.8, 4) is 11.3 Å². The van der Waals surface area contributed by atoms with E-state index in [1.54, 1.807) is 0 Å². The summed E-state index contributed by atoms with van der Waals surface area (Å²) in [7, 11) is 0. The smallest absolute Gasteiger partial charge is 0.134 e. The normalized spacial score (nSPS) is 15.7. The summed E-state index contributed by atoms with van der Waals surface area (Å²) in [6.45, 7) is 5.38. The van der Waals surface area contributed by atoms with Crippen LogP contribution in [0.3, 0.4) is 0 Å². The summed E-state index contributed by atoms with van der Waals surface area (Å²) < 4.78 is 7.10. The molecule has 2 aromatic rings. The van der Waals surface area contributed by atoms with E-state index in [9.17, 15) is 0 Å². The molecule has 2 nitrogen and oxygen atoms in total. The fraction of sp³-hybridized carbons (Fsp3) is 0.333. The van der Waals surface area contributed by atoms with Crippen LogP contribution in [-0.4, -0.2) is 18.0 Å². The standard InChI is InChI=1S/C15H16BrNO/c1-2-17-8-7-12-9-14(18-15(12)10-17)11-3-5-13(16)6-4-11/h3-6,9H,2,7-8,10H2,1H3. The number of halogens is 1. The van der Waals surface area contributed by atoms with E-state index in [0.717, 1.165) is 47.6 Å². The Morgan fingerprint density at radius 2 is 2.06 bits per heavy atom. The van der Waals surface area contributed by atoms with Gasteiger partial charge in [0.15, 0.2) is 0 Å². The molecule has 18 heavy (non-hydrogen) atoms. The van der Waals surface area contributed by atoms with Crippen molar-refractivity contribution in [3.63, 3.8) is 0 Å². The van der Waals surface area contributed by atoms with Crippen LogP contribution in [0.1, 0.15) is 18.2 Å². The molecule has 1 aliphatic rings. The fourth-order valence-electron chi connectivity index (χ4n) is 2.40. The van der Waals surface area contributed by atoms with Crippen LogP contribution in [0.15, 0.2) is 39.2 Å². The second-order valence-corrected chi connectivity index (χ2v) is 5.60. The summed E-state index contributed by atoms with van der Waals surface area (Å²) in [5.74, 6) is 2.13. The molecule has 0 radical (unpaired) electrons. The van der Waals surface area contributed by atoms with Crippen molar-refractivity contribution in [2.75, 3.05) is 13.1 Å². The quantitative estimate of drug-likeness (QED) is 0.831. The predicted molar refractivity (Wildman–Crippen MR) is 76.5 cm³/mol. The van der Waals surface area contributed by atoms with E-state index in [0.29, 0.717) is 0 Å². The van der Waals surface area contributed by atoms with Crippen molar-refractivity contribution < 1.29 is 4.42 Å². The topological polar surface area (TPSA) is 16.4 Å². The summed E-state index contributed by atoms with van der Waals surface area (Å²) in [5.41, 5.74) is 2.52. The molecule has 0 spiro atoms. The highest BCUT2D eigenvalue weighted by Crippen LogP contribution is 2.30. The zero-order chi connectivity index (χ0) is 12.5. The van der Waals surface area contributed by atoms with Crippen LogP contribution in [-0.2, 0) is 13.0 Å². The van der Waals surface area contributed by atoms with Crippen molar-refractivity contribution in [1.82, 2.24) is 4.90 Å². The predicted octanol–water partition coefficient (Wildman–Crippen LogP) is 4.09. The Morgan fingerprint density at radius 3 is 2.78 bits per heavy atom. The number of likely N-dealkylation sites (N-methyl/N-ethyl adjacent to an activating group) is 1. The van der Waals surface area contributed by atoms with Gasteiger partial charge >= 0.3 is 0 Å². The van der Waals surface area contributed by atoms with Crippen LogP contribution in [0.4, 0.5) is 0 Å². The number of nitrogens with zero attached hydrogens (tertiary/aromatic N) is 1. The maximum absolute atomic E-state index is 6.01. The second-order valence-electron chi connectivity index (χ2n) is 4.68. The van der Waals surface area contributed by atoms with Crippen molar-refractivity contribution in [2.45, 2.75) is 19.9 Å². The summed E-state index contributed by atoms with van der Waals surface area (Å²) in [4.78, 5) is 2.41. The SMILES string of the molecule is CCN1CCc2cc(-c3ccc(Br)cc3)oc2C1. The molecule has 0 unspecified atom stereocenters. The highest BCUT2D eigenvalue weighted by Gasteiger charge is 2.20. The van der Waals surface area contributed by atoms with E-state index < -0.39 is 0 Å². The maximum Gasteiger partial charge on any atom is 0.134 e. The minimum absolute atomic E-state index is 0.947. The second kappa shape index (κ2) is 4.90. The molecule has 0 atom stereocenters. The van der Waals surface area contributed by atoms with Gasteiger partial charge in [-0.2, -0.15) is 0 Å². The molecule has 94 valence electrons. The van der Waals surface area contributed by atoms with Gasteiger partial charge in [0.1, 0.15) is 11.5 Å². The minimum Gasteiger partial charge on any atom is -0.459 e. The first-order chi connectivity index (χ1) is 8.76. The van der Waals surface area contributed by atoms with Crippen LogP contribution < -0.4 is 0 Å². The summed E-state index contributed by atoms with van der Waals surface area (Å²) in [6, 6.07) is 10.5. The lowest BCUT2D eigenvalue weighted by Gasteiger charge is -2.23. The molecule has 0 saturated heterocycles. The number of hydrogen-bond donors (Lipinski definition) is 0. The van der Waals surface area contributed by atoms with Gasteiger partial charge in [0.2, 0.25) is 0 Å². The van der Waals surface area contributed by atoms with Crippen molar-refractivity contribution in [2.24, 2.45) is 0 Å². The van der Waals surface area contributed by atoms with Gasteiger partial charge < -0.3 is 4.42 Å². The van der Waals surface area contributed by atoms with E-state index in [4.69, 9.17) is 4.42 Å². The number of benzene rings is 1. The lowest BCUT2D eigenvalue weighted by atomic mass is 10.1. The van der Waals surface area contributed by atoms with Gasteiger partial charge in [-0.3, -0.25) is 4.90 Å². The number of hydrogen-bond acceptors (Lipinski definition) is 2. The van der Waals surface area contributed by atoms with Gasteiger partial charge in [-0.1, -0.05) is 35.0 Å². The van der Waals surface area contributed by atoms with Crippen molar-refractivity contribution in [1.29, 1.82) is 0 Å². The van der Waals surface area contributed by atoms with E-state index >= 15 is 0 Å². The van der Waals surface area contributed by atoms with Crippen LogP contribution in [0.5, 0.6) is 0 Å². The molecule has 1 aliphatic heterocycles. The van der Waals surface area contributed by atoms with E-state index in [-0.39, 0.29) is 0 Å². The number of furan rings is 1. The lowest BCUT2D eigenvalue weighted by Crippen LogP contribution is -2.29.